The van der Waals surface area contributed by atoms with E-state index in [2.05, 4.69) is 15.8 Å². The standard InChI is InChI=1S/C14H14ClN3O5/c15-10-5-8(1-4-11(10)23-7-12(19)20)6-16-18-14(22)13(21)17-9-2-3-9/h1,4-6,9H,2-3,7H2,(H,17,21)(H,18,22)(H,19,20)/b16-6-. The Morgan fingerprint density at radius 1 is 1.35 bits per heavy atom. The van der Waals surface area contributed by atoms with Gasteiger partial charge in [0.15, 0.2) is 6.61 Å². The summed E-state index contributed by atoms with van der Waals surface area (Å²) in [6.45, 7) is -0.501. The Balaban J connectivity index is 1.86. The van der Waals surface area contributed by atoms with E-state index in [1.807, 2.05) is 0 Å². The van der Waals surface area contributed by atoms with Crippen molar-refractivity contribution in [1.29, 1.82) is 0 Å². The molecule has 0 atom stereocenters. The lowest BCUT2D eigenvalue weighted by Gasteiger charge is -2.05. The molecule has 3 N–H and O–H groups in total. The van der Waals surface area contributed by atoms with Crippen LogP contribution in [0.15, 0.2) is 23.3 Å². The van der Waals surface area contributed by atoms with Crippen LogP contribution in [0.5, 0.6) is 5.75 Å². The number of carboxylic acids is 1. The SMILES string of the molecule is O=C(O)COc1ccc(/C=N\NC(=O)C(=O)NC2CC2)cc1Cl. The molecule has 8 nitrogen and oxygen atoms in total. The first kappa shape index (κ1) is 16.8. The number of hydrogen-bond acceptors (Lipinski definition) is 5. The lowest BCUT2D eigenvalue weighted by atomic mass is 10.2. The Morgan fingerprint density at radius 3 is 2.70 bits per heavy atom. The number of halogens is 1. The first-order chi connectivity index (χ1) is 11.0. The molecule has 1 aromatic rings. The number of aliphatic carboxylic acids is 1. The number of carbonyl (C=O) groups excluding carboxylic acids is 2. The number of nitrogens with one attached hydrogen (secondary N) is 2. The maximum absolute atomic E-state index is 11.4. The van der Waals surface area contributed by atoms with Gasteiger partial charge in [0.25, 0.3) is 0 Å². The normalized spacial score (nSPS) is 13.6. The third kappa shape index (κ3) is 5.59. The largest absolute Gasteiger partial charge is 0.480 e. The van der Waals surface area contributed by atoms with Gasteiger partial charge in [-0.1, -0.05) is 11.6 Å². The summed E-state index contributed by atoms with van der Waals surface area (Å²) in [5.41, 5.74) is 2.65. The summed E-state index contributed by atoms with van der Waals surface area (Å²) < 4.78 is 4.97. The minimum absolute atomic E-state index is 0.0920. The zero-order valence-electron chi connectivity index (χ0n) is 11.9. The number of rotatable bonds is 6. The van der Waals surface area contributed by atoms with Crippen molar-refractivity contribution in [2.24, 2.45) is 5.10 Å². The van der Waals surface area contributed by atoms with Crippen LogP contribution in [-0.2, 0) is 14.4 Å². The second-order valence-corrected chi connectivity index (χ2v) is 5.23. The highest BCUT2D eigenvalue weighted by Crippen LogP contribution is 2.24. The van der Waals surface area contributed by atoms with Crippen molar-refractivity contribution in [2.75, 3.05) is 6.61 Å². The second-order valence-electron chi connectivity index (χ2n) is 4.82. The molecule has 122 valence electrons. The predicted octanol–water partition coefficient (Wildman–Crippen LogP) is 0.532. The van der Waals surface area contributed by atoms with Gasteiger partial charge in [0, 0.05) is 6.04 Å². The van der Waals surface area contributed by atoms with Crippen LogP contribution in [0.1, 0.15) is 18.4 Å². The fraction of sp³-hybridized carbons (Fsp3) is 0.286. The minimum Gasteiger partial charge on any atom is -0.480 e. The Morgan fingerprint density at radius 2 is 2.09 bits per heavy atom. The molecule has 2 amide bonds. The molecule has 9 heteroatoms. The summed E-state index contributed by atoms with van der Waals surface area (Å²) >= 11 is 5.94. The van der Waals surface area contributed by atoms with E-state index in [9.17, 15) is 14.4 Å². The predicted molar refractivity (Wildman–Crippen MR) is 81.5 cm³/mol. The van der Waals surface area contributed by atoms with Crippen molar-refractivity contribution in [2.45, 2.75) is 18.9 Å². The lowest BCUT2D eigenvalue weighted by molar-refractivity contribution is -0.139. The van der Waals surface area contributed by atoms with Crippen molar-refractivity contribution in [3.8, 4) is 5.75 Å². The quantitative estimate of drug-likeness (QED) is 0.397. The summed E-state index contributed by atoms with van der Waals surface area (Å²) in [5, 5.41) is 14.9. The van der Waals surface area contributed by atoms with Gasteiger partial charge >= 0.3 is 17.8 Å². The van der Waals surface area contributed by atoms with Crippen LogP contribution < -0.4 is 15.5 Å². The first-order valence-electron chi connectivity index (χ1n) is 6.74. The molecule has 0 radical (unpaired) electrons. The average molecular weight is 340 g/mol. The molecule has 1 saturated carbocycles. The van der Waals surface area contributed by atoms with Crippen LogP contribution in [0.2, 0.25) is 5.02 Å². The van der Waals surface area contributed by atoms with Gasteiger partial charge in [0.05, 0.1) is 11.2 Å². The van der Waals surface area contributed by atoms with E-state index >= 15 is 0 Å². The molecule has 0 aromatic heterocycles. The number of nitrogens with zero attached hydrogens (tertiary/aromatic N) is 1. The zero-order valence-corrected chi connectivity index (χ0v) is 12.7. The van der Waals surface area contributed by atoms with Gasteiger partial charge in [0.1, 0.15) is 5.75 Å². The molecule has 23 heavy (non-hydrogen) atoms. The highest BCUT2D eigenvalue weighted by Gasteiger charge is 2.26. The van der Waals surface area contributed by atoms with Crippen LogP contribution in [0.3, 0.4) is 0 Å². The molecular weight excluding hydrogens is 326 g/mol. The monoisotopic (exact) mass is 339 g/mol. The summed E-state index contributed by atoms with van der Waals surface area (Å²) in [5.74, 6) is -2.46. The average Bonchev–Trinajstić information content (AvgIpc) is 3.30. The highest BCUT2D eigenvalue weighted by atomic mass is 35.5. The third-order valence-electron chi connectivity index (χ3n) is 2.81. The van der Waals surface area contributed by atoms with E-state index < -0.39 is 24.4 Å². The molecule has 1 aliphatic carbocycles. The molecule has 0 unspecified atom stereocenters. The minimum atomic E-state index is -1.11. The Hall–Kier alpha value is -2.61. The Labute approximate surface area is 136 Å². The molecule has 1 aromatic carbocycles. The maximum Gasteiger partial charge on any atom is 0.341 e. The molecule has 1 aliphatic rings. The molecule has 0 aliphatic heterocycles. The van der Waals surface area contributed by atoms with Crippen LogP contribution in [0.4, 0.5) is 0 Å². The van der Waals surface area contributed by atoms with Gasteiger partial charge in [-0.05, 0) is 36.6 Å². The number of carboxylic acid groups (broad SMARTS) is 1. The molecule has 0 saturated heterocycles. The summed E-state index contributed by atoms with van der Waals surface area (Å²) in [7, 11) is 0. The van der Waals surface area contributed by atoms with Gasteiger partial charge in [-0.3, -0.25) is 9.59 Å². The molecule has 0 spiro atoms. The van der Waals surface area contributed by atoms with Gasteiger partial charge < -0.3 is 15.2 Å². The topological polar surface area (TPSA) is 117 Å². The lowest BCUT2D eigenvalue weighted by Crippen LogP contribution is -2.38. The second kappa shape index (κ2) is 7.59. The summed E-state index contributed by atoms with van der Waals surface area (Å²) in [6.07, 6.45) is 3.07. The Kier molecular flexibility index (Phi) is 5.53. The number of hydrazone groups is 1. The molecule has 2 rings (SSSR count). The maximum atomic E-state index is 11.4. The number of hydrogen-bond donors (Lipinski definition) is 3. The number of amides is 2. The summed E-state index contributed by atoms with van der Waals surface area (Å²) in [6, 6.07) is 4.63. The molecule has 1 fully saturated rings. The van der Waals surface area contributed by atoms with Crippen molar-refractivity contribution in [1.82, 2.24) is 10.7 Å². The van der Waals surface area contributed by atoms with E-state index in [1.54, 1.807) is 6.07 Å². The zero-order chi connectivity index (χ0) is 16.8. The van der Waals surface area contributed by atoms with E-state index in [4.69, 9.17) is 21.4 Å². The van der Waals surface area contributed by atoms with Crippen molar-refractivity contribution in [3.63, 3.8) is 0 Å². The molecular formula is C14H14ClN3O5. The van der Waals surface area contributed by atoms with Gasteiger partial charge in [0.2, 0.25) is 0 Å². The van der Waals surface area contributed by atoms with Crippen LogP contribution >= 0.6 is 11.6 Å². The molecule has 0 bridgehead atoms. The Bertz CT molecular complexity index is 658. The van der Waals surface area contributed by atoms with E-state index in [0.717, 1.165) is 12.8 Å². The third-order valence-corrected chi connectivity index (χ3v) is 3.10. The fourth-order valence-corrected chi connectivity index (χ4v) is 1.79. The fourth-order valence-electron chi connectivity index (χ4n) is 1.55. The first-order valence-corrected chi connectivity index (χ1v) is 7.11. The summed E-state index contributed by atoms with van der Waals surface area (Å²) in [4.78, 5) is 33.2. The van der Waals surface area contributed by atoms with Crippen molar-refractivity contribution < 1.29 is 24.2 Å². The highest BCUT2D eigenvalue weighted by molar-refractivity contribution is 6.35. The van der Waals surface area contributed by atoms with Crippen molar-refractivity contribution in [3.05, 3.63) is 28.8 Å². The van der Waals surface area contributed by atoms with Gasteiger partial charge in [-0.2, -0.15) is 5.10 Å². The van der Waals surface area contributed by atoms with Gasteiger partial charge in [-0.15, -0.1) is 0 Å². The smallest absolute Gasteiger partial charge is 0.341 e. The van der Waals surface area contributed by atoms with Crippen molar-refractivity contribution >= 4 is 35.6 Å². The number of carbonyl (C=O) groups is 3. The van der Waals surface area contributed by atoms with Crippen LogP contribution in [-0.4, -0.2) is 41.8 Å². The number of ether oxygens (including phenoxy) is 1. The van der Waals surface area contributed by atoms with E-state index in [0.29, 0.717) is 5.56 Å². The number of benzene rings is 1. The van der Waals surface area contributed by atoms with Gasteiger partial charge in [-0.25, -0.2) is 10.2 Å². The van der Waals surface area contributed by atoms with E-state index in [-0.39, 0.29) is 16.8 Å². The van der Waals surface area contributed by atoms with Crippen LogP contribution in [0.25, 0.3) is 0 Å². The van der Waals surface area contributed by atoms with E-state index in [1.165, 1.54) is 18.3 Å². The molecule has 0 heterocycles. The van der Waals surface area contributed by atoms with Crippen LogP contribution in [0, 0.1) is 0 Å².